The summed E-state index contributed by atoms with van der Waals surface area (Å²) in [5, 5.41) is 9.01. The number of hydrogen-bond acceptors (Lipinski definition) is 3. The predicted octanol–water partition coefficient (Wildman–Crippen LogP) is 1.58. The van der Waals surface area contributed by atoms with Gasteiger partial charge in [0.05, 0.1) is 0 Å². The minimum absolute atomic E-state index is 0.544. The molecule has 0 saturated carbocycles. The van der Waals surface area contributed by atoms with Crippen LogP contribution in [0.1, 0.15) is 32.6 Å². The summed E-state index contributed by atoms with van der Waals surface area (Å²) >= 11 is 0. The molecule has 0 radical (unpaired) electrons. The second kappa shape index (κ2) is 6.34. The van der Waals surface area contributed by atoms with E-state index in [1.165, 1.54) is 32.4 Å². The Bertz CT molecular complexity index is 328. The lowest BCUT2D eigenvalue weighted by Crippen LogP contribution is -2.36. The van der Waals surface area contributed by atoms with Gasteiger partial charge in [-0.2, -0.15) is 0 Å². The largest absolute Gasteiger partial charge is 0.478 e. The third-order valence-electron chi connectivity index (χ3n) is 4.14. The Kier molecular flexibility index (Phi) is 4.78. The van der Waals surface area contributed by atoms with Gasteiger partial charge < -0.3 is 5.11 Å². The predicted molar refractivity (Wildman–Crippen MR) is 71.7 cm³/mol. The normalized spacial score (nSPS) is 26.9. The van der Waals surface area contributed by atoms with Gasteiger partial charge in [-0.05, 0) is 45.3 Å². The molecule has 0 bridgehead atoms. The molecule has 0 aromatic heterocycles. The molecule has 2 rings (SSSR count). The fraction of sp³-hybridized carbons (Fsp3) is 0.786. The van der Waals surface area contributed by atoms with Gasteiger partial charge in [-0.15, -0.1) is 0 Å². The van der Waals surface area contributed by atoms with Crippen molar-refractivity contribution in [2.24, 2.45) is 0 Å². The summed E-state index contributed by atoms with van der Waals surface area (Å²) in [4.78, 5) is 16.0. The van der Waals surface area contributed by atoms with Gasteiger partial charge >= 0.3 is 5.97 Å². The van der Waals surface area contributed by atoms with Crippen molar-refractivity contribution in [3.63, 3.8) is 0 Å². The van der Waals surface area contributed by atoms with E-state index >= 15 is 0 Å². The highest BCUT2D eigenvalue weighted by atomic mass is 16.4. The van der Waals surface area contributed by atoms with E-state index in [-0.39, 0.29) is 0 Å². The van der Waals surface area contributed by atoms with Crippen molar-refractivity contribution in [3.8, 4) is 0 Å². The molecule has 0 aliphatic carbocycles. The number of nitrogens with zero attached hydrogens (tertiary/aromatic N) is 2. The number of aliphatic carboxylic acids is 1. The molecule has 0 spiro atoms. The Morgan fingerprint density at radius 1 is 1.33 bits per heavy atom. The van der Waals surface area contributed by atoms with Crippen LogP contribution in [0.2, 0.25) is 0 Å². The van der Waals surface area contributed by atoms with Gasteiger partial charge in [0.15, 0.2) is 0 Å². The van der Waals surface area contributed by atoms with E-state index in [2.05, 4.69) is 9.80 Å². The van der Waals surface area contributed by atoms with E-state index < -0.39 is 5.97 Å². The minimum Gasteiger partial charge on any atom is -0.478 e. The van der Waals surface area contributed by atoms with Crippen LogP contribution in [0.25, 0.3) is 0 Å². The van der Waals surface area contributed by atoms with E-state index in [1.807, 2.05) is 13.0 Å². The Balaban J connectivity index is 1.90. The Labute approximate surface area is 109 Å². The summed E-state index contributed by atoms with van der Waals surface area (Å²) in [5.74, 6) is -0.769. The highest BCUT2D eigenvalue weighted by Crippen LogP contribution is 2.21. The van der Waals surface area contributed by atoms with Crippen molar-refractivity contribution in [2.75, 3.05) is 32.7 Å². The molecule has 2 fully saturated rings. The first kappa shape index (κ1) is 13.6. The minimum atomic E-state index is -0.769. The topological polar surface area (TPSA) is 43.8 Å². The van der Waals surface area contributed by atoms with Gasteiger partial charge in [0.2, 0.25) is 0 Å². The van der Waals surface area contributed by atoms with Crippen LogP contribution in [0.3, 0.4) is 0 Å². The third kappa shape index (κ3) is 3.33. The lowest BCUT2D eigenvalue weighted by Gasteiger charge is -2.24. The maximum atomic E-state index is 11.0. The van der Waals surface area contributed by atoms with Crippen LogP contribution in [0.5, 0.6) is 0 Å². The third-order valence-corrected chi connectivity index (χ3v) is 4.14. The molecule has 18 heavy (non-hydrogen) atoms. The van der Waals surface area contributed by atoms with Gasteiger partial charge in [0.1, 0.15) is 0 Å². The van der Waals surface area contributed by atoms with Crippen molar-refractivity contribution < 1.29 is 9.90 Å². The Morgan fingerprint density at radius 3 is 2.83 bits per heavy atom. The van der Waals surface area contributed by atoms with Crippen molar-refractivity contribution >= 4 is 5.97 Å². The average Bonchev–Trinajstić information content (AvgIpc) is 2.68. The molecule has 1 atom stereocenters. The first-order valence-corrected chi connectivity index (χ1v) is 7.09. The van der Waals surface area contributed by atoms with Crippen LogP contribution < -0.4 is 0 Å². The fourth-order valence-electron chi connectivity index (χ4n) is 3.07. The molecule has 2 aliphatic rings. The van der Waals surface area contributed by atoms with Crippen molar-refractivity contribution in [3.05, 3.63) is 11.6 Å². The molecule has 0 amide bonds. The zero-order chi connectivity index (χ0) is 13.0. The van der Waals surface area contributed by atoms with Gasteiger partial charge in [0.25, 0.3) is 0 Å². The summed E-state index contributed by atoms with van der Waals surface area (Å²) in [7, 11) is 0. The number of carboxylic acid groups (broad SMARTS) is 1. The number of carbonyl (C=O) groups is 1. The first-order chi connectivity index (χ1) is 8.70. The number of rotatable bonds is 4. The van der Waals surface area contributed by atoms with E-state index in [0.717, 1.165) is 19.6 Å². The molecule has 1 unspecified atom stereocenters. The highest BCUT2D eigenvalue weighted by Gasteiger charge is 2.28. The Hall–Kier alpha value is -0.870. The highest BCUT2D eigenvalue weighted by molar-refractivity contribution is 5.86. The molecule has 2 aliphatic heterocycles. The van der Waals surface area contributed by atoms with Crippen LogP contribution in [-0.4, -0.2) is 59.6 Å². The molecule has 2 heterocycles. The summed E-state index contributed by atoms with van der Waals surface area (Å²) in [6, 6.07) is 0.704. The molecule has 102 valence electrons. The monoisotopic (exact) mass is 252 g/mol. The van der Waals surface area contributed by atoms with E-state index in [0.29, 0.717) is 18.0 Å². The summed E-state index contributed by atoms with van der Waals surface area (Å²) in [5.41, 5.74) is 0.544. The van der Waals surface area contributed by atoms with E-state index in [4.69, 9.17) is 5.11 Å². The smallest absolute Gasteiger partial charge is 0.331 e. The standard InChI is InChI=1S/C14H24N2O2/c1-2-12(14(17)18)6-10-15-7-4-9-16-8-3-5-13(16)11-15/h6,13H,2-5,7-11H2,1H3,(H,17,18). The molecule has 0 aromatic carbocycles. The fourth-order valence-corrected chi connectivity index (χ4v) is 3.07. The van der Waals surface area contributed by atoms with Gasteiger partial charge in [-0.3, -0.25) is 9.80 Å². The van der Waals surface area contributed by atoms with Crippen molar-refractivity contribution in [2.45, 2.75) is 38.6 Å². The first-order valence-electron chi connectivity index (χ1n) is 7.09. The lowest BCUT2D eigenvalue weighted by atomic mass is 10.2. The van der Waals surface area contributed by atoms with Gasteiger partial charge in [0, 0.05) is 24.7 Å². The molecule has 2 saturated heterocycles. The molecule has 4 nitrogen and oxygen atoms in total. The van der Waals surface area contributed by atoms with Crippen LogP contribution in [0.15, 0.2) is 11.6 Å². The second-order valence-electron chi connectivity index (χ2n) is 5.33. The molecule has 4 heteroatoms. The summed E-state index contributed by atoms with van der Waals surface area (Å²) in [6.45, 7) is 7.36. The number of carboxylic acids is 1. The molecular weight excluding hydrogens is 228 g/mol. The quantitative estimate of drug-likeness (QED) is 0.772. The average molecular weight is 252 g/mol. The van der Waals surface area contributed by atoms with Gasteiger partial charge in [-0.1, -0.05) is 13.0 Å². The SMILES string of the molecule is CCC(=CCN1CCCN2CCCC2C1)C(=O)O. The maximum absolute atomic E-state index is 11.0. The number of hydrogen-bond donors (Lipinski definition) is 1. The second-order valence-corrected chi connectivity index (χ2v) is 5.33. The number of fused-ring (bicyclic) bond motifs is 1. The molecule has 0 aromatic rings. The van der Waals surface area contributed by atoms with E-state index in [1.54, 1.807) is 0 Å². The van der Waals surface area contributed by atoms with Crippen molar-refractivity contribution in [1.82, 2.24) is 9.80 Å². The lowest BCUT2D eigenvalue weighted by molar-refractivity contribution is -0.132. The van der Waals surface area contributed by atoms with Gasteiger partial charge in [-0.25, -0.2) is 4.79 Å². The summed E-state index contributed by atoms with van der Waals surface area (Å²) in [6.07, 6.45) is 6.34. The maximum Gasteiger partial charge on any atom is 0.331 e. The zero-order valence-electron chi connectivity index (χ0n) is 11.3. The van der Waals surface area contributed by atoms with Crippen LogP contribution in [0, 0.1) is 0 Å². The van der Waals surface area contributed by atoms with Crippen LogP contribution >= 0.6 is 0 Å². The zero-order valence-corrected chi connectivity index (χ0v) is 11.3. The Morgan fingerprint density at radius 2 is 2.11 bits per heavy atom. The van der Waals surface area contributed by atoms with Crippen LogP contribution in [-0.2, 0) is 4.79 Å². The molecular formula is C14H24N2O2. The van der Waals surface area contributed by atoms with E-state index in [9.17, 15) is 4.79 Å². The van der Waals surface area contributed by atoms with Crippen LogP contribution in [0.4, 0.5) is 0 Å². The summed E-state index contributed by atoms with van der Waals surface area (Å²) < 4.78 is 0. The molecule has 1 N–H and O–H groups in total. The van der Waals surface area contributed by atoms with Crippen molar-refractivity contribution in [1.29, 1.82) is 0 Å².